The molecule has 5 rings (SSSR count). The van der Waals surface area contributed by atoms with Crippen LogP contribution in [0.25, 0.3) is 0 Å². The number of halogens is 3. The van der Waals surface area contributed by atoms with Gasteiger partial charge in [0.2, 0.25) is 11.9 Å². The highest BCUT2D eigenvalue weighted by molar-refractivity contribution is 5.77. The number of anilines is 3. The summed E-state index contributed by atoms with van der Waals surface area (Å²) >= 11 is 0. The van der Waals surface area contributed by atoms with E-state index in [9.17, 15) is 27.9 Å². The minimum Gasteiger partial charge on any atom is -0.495 e. The Morgan fingerprint density at radius 2 is 1.83 bits per heavy atom. The number of fused-ring (bicyclic) bond motifs is 3. The standard InChI is InChI=1S/C28H33F3N6O4/c1-36(2)22(38)14-37-8-6-15-11-20(21(41-3)12-16(15)7-9-37)33-27-32-13-19(28(29,30)31)25(35-27)34-24-18-5-4-17(10-18)23(24)26(39)40/h4-5,11-13,17-18,23-24H,6-10,14H2,1-3H3,(H,39,40)(H2,32,33,34,35)/t17-,18+,23+,24-/m1/s1. The van der Waals surface area contributed by atoms with Crippen LogP contribution in [-0.4, -0.2) is 83.6 Å². The molecule has 4 atom stereocenters. The second kappa shape index (κ2) is 11.2. The molecule has 2 aromatic rings. The number of hydrogen-bond donors (Lipinski definition) is 3. The van der Waals surface area contributed by atoms with Crippen molar-refractivity contribution in [1.82, 2.24) is 19.8 Å². The minimum atomic E-state index is -4.74. The number of likely N-dealkylation sites (N-methyl/N-ethyl adjacent to an activating group) is 1. The highest BCUT2D eigenvalue weighted by Gasteiger charge is 2.49. The largest absolute Gasteiger partial charge is 0.495 e. The Morgan fingerprint density at radius 1 is 1.15 bits per heavy atom. The average molecular weight is 575 g/mol. The summed E-state index contributed by atoms with van der Waals surface area (Å²) in [6, 6.07) is 3.04. The van der Waals surface area contributed by atoms with Gasteiger partial charge in [-0.2, -0.15) is 18.2 Å². The molecule has 0 saturated heterocycles. The van der Waals surface area contributed by atoms with Crippen molar-refractivity contribution in [2.75, 3.05) is 51.5 Å². The van der Waals surface area contributed by atoms with Crippen molar-refractivity contribution in [1.29, 1.82) is 0 Å². The van der Waals surface area contributed by atoms with E-state index in [1.807, 2.05) is 24.3 Å². The zero-order valence-corrected chi connectivity index (χ0v) is 23.0. The third-order valence-corrected chi connectivity index (χ3v) is 8.16. The molecule has 1 aromatic heterocycles. The summed E-state index contributed by atoms with van der Waals surface area (Å²) in [7, 11) is 4.95. The Bertz CT molecular complexity index is 1370. The second-order valence-electron chi connectivity index (χ2n) is 10.9. The Labute approximate surface area is 235 Å². The number of benzene rings is 1. The predicted molar refractivity (Wildman–Crippen MR) is 145 cm³/mol. The molecular weight excluding hydrogens is 541 g/mol. The van der Waals surface area contributed by atoms with Crippen LogP contribution in [-0.2, 0) is 28.6 Å². The van der Waals surface area contributed by atoms with E-state index < -0.39 is 35.5 Å². The molecule has 13 heteroatoms. The maximum atomic E-state index is 13.9. The number of amides is 1. The summed E-state index contributed by atoms with van der Waals surface area (Å²) in [5.41, 5.74) is 1.50. The monoisotopic (exact) mass is 574 g/mol. The van der Waals surface area contributed by atoms with Crippen LogP contribution in [0.5, 0.6) is 5.75 Å². The van der Waals surface area contributed by atoms with Gasteiger partial charge in [0.05, 0.1) is 25.3 Å². The molecule has 1 aliphatic heterocycles. The molecule has 220 valence electrons. The Morgan fingerprint density at radius 3 is 2.46 bits per heavy atom. The van der Waals surface area contributed by atoms with Crippen molar-refractivity contribution in [2.45, 2.75) is 31.5 Å². The number of alkyl halides is 3. The van der Waals surface area contributed by atoms with Gasteiger partial charge >= 0.3 is 12.1 Å². The van der Waals surface area contributed by atoms with Crippen molar-refractivity contribution in [3.63, 3.8) is 0 Å². The highest BCUT2D eigenvalue weighted by Crippen LogP contribution is 2.46. The number of carboxylic acids is 1. The van der Waals surface area contributed by atoms with E-state index in [1.54, 1.807) is 19.0 Å². The number of carbonyl (C=O) groups excluding carboxylic acids is 1. The van der Waals surface area contributed by atoms with Gasteiger partial charge in [0.15, 0.2) is 0 Å². The lowest BCUT2D eigenvalue weighted by atomic mass is 9.89. The van der Waals surface area contributed by atoms with E-state index in [1.165, 1.54) is 7.11 Å². The molecule has 0 unspecified atom stereocenters. The van der Waals surface area contributed by atoms with Gasteiger partial charge in [-0.1, -0.05) is 12.2 Å². The van der Waals surface area contributed by atoms with E-state index in [0.29, 0.717) is 56.5 Å². The van der Waals surface area contributed by atoms with E-state index >= 15 is 0 Å². The van der Waals surface area contributed by atoms with Gasteiger partial charge < -0.3 is 25.4 Å². The fourth-order valence-electron chi connectivity index (χ4n) is 5.95. The number of hydrogen-bond acceptors (Lipinski definition) is 8. The Balaban J connectivity index is 1.40. The summed E-state index contributed by atoms with van der Waals surface area (Å²) in [6.07, 6.45) is 1.58. The highest BCUT2D eigenvalue weighted by atomic mass is 19.4. The first-order chi connectivity index (χ1) is 19.4. The number of nitrogens with one attached hydrogen (secondary N) is 2. The molecule has 10 nitrogen and oxygen atoms in total. The normalized spacial score (nSPS) is 23.6. The maximum Gasteiger partial charge on any atom is 0.421 e. The number of methoxy groups -OCH3 is 1. The van der Waals surface area contributed by atoms with E-state index in [4.69, 9.17) is 4.74 Å². The number of ether oxygens (including phenoxy) is 1. The van der Waals surface area contributed by atoms with E-state index in [0.717, 1.165) is 11.1 Å². The smallest absolute Gasteiger partial charge is 0.421 e. The number of carbonyl (C=O) groups is 2. The lowest BCUT2D eigenvalue weighted by Gasteiger charge is -2.27. The van der Waals surface area contributed by atoms with Gasteiger partial charge in [0, 0.05) is 39.4 Å². The van der Waals surface area contributed by atoms with Crippen LogP contribution in [0.3, 0.4) is 0 Å². The molecule has 0 spiro atoms. The molecule has 2 heterocycles. The number of nitrogens with zero attached hydrogens (tertiary/aromatic N) is 4. The number of allylic oxidation sites excluding steroid dienone is 1. The molecule has 3 aliphatic rings. The van der Waals surface area contributed by atoms with Crippen molar-refractivity contribution >= 4 is 29.3 Å². The zero-order chi connectivity index (χ0) is 29.5. The summed E-state index contributed by atoms with van der Waals surface area (Å²) in [4.78, 5) is 35.9. The van der Waals surface area contributed by atoms with Crippen molar-refractivity contribution < 1.29 is 32.6 Å². The number of carboxylic acid groups (broad SMARTS) is 1. The average Bonchev–Trinajstić information content (AvgIpc) is 3.46. The molecule has 41 heavy (non-hydrogen) atoms. The zero-order valence-electron chi connectivity index (χ0n) is 23.0. The molecule has 1 saturated carbocycles. The molecule has 0 radical (unpaired) electrons. The second-order valence-corrected chi connectivity index (χ2v) is 10.9. The molecule has 1 amide bonds. The lowest BCUT2D eigenvalue weighted by Crippen LogP contribution is -2.38. The topological polar surface area (TPSA) is 120 Å². The molecular formula is C28H33F3N6O4. The van der Waals surface area contributed by atoms with Crippen LogP contribution >= 0.6 is 0 Å². The molecule has 2 aliphatic carbocycles. The van der Waals surface area contributed by atoms with Gasteiger partial charge in [-0.15, -0.1) is 0 Å². The van der Waals surface area contributed by atoms with Crippen molar-refractivity contribution in [3.8, 4) is 5.75 Å². The van der Waals surface area contributed by atoms with E-state index in [-0.39, 0.29) is 23.7 Å². The number of aliphatic carboxylic acids is 1. The molecule has 1 aromatic carbocycles. The van der Waals surface area contributed by atoms with Crippen molar-refractivity contribution in [3.05, 3.63) is 47.2 Å². The predicted octanol–water partition coefficient (Wildman–Crippen LogP) is 3.42. The Kier molecular flexibility index (Phi) is 7.82. The lowest BCUT2D eigenvalue weighted by molar-refractivity contribution is -0.142. The SMILES string of the molecule is COc1cc2c(cc1Nc1ncc(C(F)(F)F)c(N[C@H]3[C@@H](C(=O)O)[C@@H]4C=C[C@H]3C4)n1)CCN(CC(=O)N(C)C)CC2. The van der Waals surface area contributed by atoms with Crippen LogP contribution in [0, 0.1) is 17.8 Å². The first kappa shape index (κ1) is 28.7. The Hall–Kier alpha value is -3.87. The fourth-order valence-corrected chi connectivity index (χ4v) is 5.95. The summed E-state index contributed by atoms with van der Waals surface area (Å²) in [6.45, 7) is 1.70. The van der Waals surface area contributed by atoms with E-state index in [2.05, 4.69) is 25.5 Å². The number of aromatic nitrogens is 2. The van der Waals surface area contributed by atoms with Crippen LogP contribution in [0.15, 0.2) is 30.5 Å². The van der Waals surface area contributed by atoms with Gasteiger partial charge in [-0.05, 0) is 54.4 Å². The van der Waals surface area contributed by atoms with Crippen LogP contribution < -0.4 is 15.4 Å². The van der Waals surface area contributed by atoms with Gasteiger partial charge in [-0.3, -0.25) is 14.5 Å². The quantitative estimate of drug-likeness (QED) is 0.408. The molecule has 1 fully saturated rings. The maximum absolute atomic E-state index is 13.9. The first-order valence-corrected chi connectivity index (χ1v) is 13.5. The number of rotatable bonds is 8. The summed E-state index contributed by atoms with van der Waals surface area (Å²) in [5, 5.41) is 15.6. The van der Waals surface area contributed by atoms with Crippen LogP contribution in [0.1, 0.15) is 23.1 Å². The van der Waals surface area contributed by atoms with Crippen molar-refractivity contribution in [2.24, 2.45) is 17.8 Å². The van der Waals surface area contributed by atoms with Gasteiger partial charge in [0.25, 0.3) is 0 Å². The molecule has 2 bridgehead atoms. The van der Waals surface area contributed by atoms with Crippen LogP contribution in [0.4, 0.5) is 30.6 Å². The summed E-state index contributed by atoms with van der Waals surface area (Å²) in [5.74, 6) is -2.40. The third kappa shape index (κ3) is 5.95. The first-order valence-electron chi connectivity index (χ1n) is 13.5. The van der Waals surface area contributed by atoms with Gasteiger partial charge in [-0.25, -0.2) is 4.98 Å². The van der Waals surface area contributed by atoms with Gasteiger partial charge in [0.1, 0.15) is 17.1 Å². The van der Waals surface area contributed by atoms with Crippen LogP contribution in [0.2, 0.25) is 0 Å². The fraction of sp³-hybridized carbons (Fsp3) is 0.500. The molecule has 3 N–H and O–H groups in total. The summed E-state index contributed by atoms with van der Waals surface area (Å²) < 4.78 is 47.3. The third-order valence-electron chi connectivity index (χ3n) is 8.16. The minimum absolute atomic E-state index is 0.0240.